The van der Waals surface area contributed by atoms with E-state index in [4.69, 9.17) is 4.74 Å². The van der Waals surface area contributed by atoms with Crippen LogP contribution < -0.4 is 0 Å². The Hall–Kier alpha value is -0.370. The van der Waals surface area contributed by atoms with E-state index >= 15 is 0 Å². The quantitative estimate of drug-likeness (QED) is 0.628. The summed E-state index contributed by atoms with van der Waals surface area (Å²) in [5.41, 5.74) is 0. The van der Waals surface area contributed by atoms with Crippen LogP contribution in [0.4, 0.5) is 0 Å². The molecule has 2 aliphatic carbocycles. The van der Waals surface area contributed by atoms with E-state index in [0.717, 1.165) is 25.9 Å². The zero-order chi connectivity index (χ0) is 8.55. The van der Waals surface area contributed by atoms with E-state index in [9.17, 15) is 4.79 Å². The molecule has 2 rings (SSSR count). The average molecular weight is 168 g/mol. The minimum Gasteiger partial charge on any atom is -0.378 e. The van der Waals surface area contributed by atoms with E-state index in [-0.39, 0.29) is 0 Å². The largest absolute Gasteiger partial charge is 0.378 e. The third-order valence-corrected chi connectivity index (χ3v) is 3.24. The molecule has 3 atom stereocenters. The SMILES string of the molecule is CCOC1CC2C(=O)CCCC12. The fourth-order valence-electron chi connectivity index (χ4n) is 2.52. The van der Waals surface area contributed by atoms with Gasteiger partial charge in [-0.15, -0.1) is 0 Å². The zero-order valence-electron chi connectivity index (χ0n) is 7.58. The smallest absolute Gasteiger partial charge is 0.136 e. The van der Waals surface area contributed by atoms with Crippen molar-refractivity contribution in [3.8, 4) is 0 Å². The molecule has 0 amide bonds. The molecular weight excluding hydrogens is 152 g/mol. The Morgan fingerprint density at radius 2 is 2.42 bits per heavy atom. The number of rotatable bonds is 2. The van der Waals surface area contributed by atoms with Crippen molar-refractivity contribution < 1.29 is 9.53 Å². The minimum absolute atomic E-state index is 0.371. The lowest BCUT2D eigenvalue weighted by Crippen LogP contribution is -2.49. The van der Waals surface area contributed by atoms with Gasteiger partial charge in [-0.3, -0.25) is 4.79 Å². The van der Waals surface area contributed by atoms with Gasteiger partial charge in [0.2, 0.25) is 0 Å². The summed E-state index contributed by atoms with van der Waals surface area (Å²) in [7, 11) is 0. The molecule has 0 radical (unpaired) electrons. The molecule has 0 bridgehead atoms. The maximum Gasteiger partial charge on any atom is 0.136 e. The van der Waals surface area contributed by atoms with E-state index in [0.29, 0.717) is 23.7 Å². The van der Waals surface area contributed by atoms with Crippen molar-refractivity contribution >= 4 is 5.78 Å². The Labute approximate surface area is 73.3 Å². The molecule has 68 valence electrons. The normalized spacial score (nSPS) is 40.4. The monoisotopic (exact) mass is 168 g/mol. The summed E-state index contributed by atoms with van der Waals surface area (Å²) in [5, 5.41) is 0. The van der Waals surface area contributed by atoms with E-state index in [2.05, 4.69) is 0 Å². The lowest BCUT2D eigenvalue weighted by atomic mass is 9.63. The van der Waals surface area contributed by atoms with Crippen molar-refractivity contribution in [2.75, 3.05) is 6.61 Å². The second-order valence-electron chi connectivity index (χ2n) is 3.86. The molecule has 2 aliphatic rings. The highest BCUT2D eigenvalue weighted by Crippen LogP contribution is 2.44. The number of hydrogen-bond acceptors (Lipinski definition) is 2. The van der Waals surface area contributed by atoms with Gasteiger partial charge in [-0.25, -0.2) is 0 Å². The van der Waals surface area contributed by atoms with Crippen molar-refractivity contribution in [1.82, 2.24) is 0 Å². The predicted octanol–water partition coefficient (Wildman–Crippen LogP) is 1.78. The fourth-order valence-corrected chi connectivity index (χ4v) is 2.52. The van der Waals surface area contributed by atoms with Gasteiger partial charge in [-0.1, -0.05) is 0 Å². The van der Waals surface area contributed by atoms with Gasteiger partial charge in [-0.2, -0.15) is 0 Å². The average Bonchev–Trinajstić information content (AvgIpc) is 2.04. The van der Waals surface area contributed by atoms with E-state index in [1.165, 1.54) is 6.42 Å². The molecule has 0 aliphatic heterocycles. The van der Waals surface area contributed by atoms with Gasteiger partial charge in [0.05, 0.1) is 6.10 Å². The Morgan fingerprint density at radius 1 is 1.58 bits per heavy atom. The lowest BCUT2D eigenvalue weighted by Gasteiger charge is -2.46. The number of Topliss-reactive ketones (excluding diaryl/α,β-unsaturated/α-hetero) is 1. The van der Waals surface area contributed by atoms with Crippen molar-refractivity contribution in [3.63, 3.8) is 0 Å². The van der Waals surface area contributed by atoms with Gasteiger partial charge in [0.25, 0.3) is 0 Å². The number of ketones is 1. The number of fused-ring (bicyclic) bond motifs is 1. The molecule has 0 aromatic carbocycles. The molecular formula is C10H16O2. The van der Waals surface area contributed by atoms with Crippen molar-refractivity contribution in [2.24, 2.45) is 11.8 Å². The van der Waals surface area contributed by atoms with E-state index < -0.39 is 0 Å². The second kappa shape index (κ2) is 3.17. The summed E-state index contributed by atoms with van der Waals surface area (Å²) in [5.74, 6) is 1.43. The van der Waals surface area contributed by atoms with Gasteiger partial charge in [0.15, 0.2) is 0 Å². The van der Waals surface area contributed by atoms with Crippen LogP contribution in [0.3, 0.4) is 0 Å². The molecule has 0 heterocycles. The van der Waals surface area contributed by atoms with Crippen LogP contribution in [0.1, 0.15) is 32.6 Å². The predicted molar refractivity (Wildman–Crippen MR) is 45.9 cm³/mol. The molecule has 2 fully saturated rings. The van der Waals surface area contributed by atoms with Gasteiger partial charge in [-0.05, 0) is 32.1 Å². The molecule has 0 N–H and O–H groups in total. The third-order valence-electron chi connectivity index (χ3n) is 3.24. The van der Waals surface area contributed by atoms with Crippen LogP contribution in [0.5, 0.6) is 0 Å². The highest BCUT2D eigenvalue weighted by Gasteiger charge is 2.46. The molecule has 0 spiro atoms. The number of hydrogen-bond donors (Lipinski definition) is 0. The summed E-state index contributed by atoms with van der Waals surface area (Å²) < 4.78 is 5.54. The third kappa shape index (κ3) is 1.18. The standard InChI is InChI=1S/C10H16O2/c1-2-12-10-6-8-7(10)4-3-5-9(8)11/h7-8,10H,2-6H2,1H3. The number of carbonyl (C=O) groups excluding carboxylic acids is 1. The highest BCUT2D eigenvalue weighted by atomic mass is 16.5. The first-order chi connectivity index (χ1) is 5.83. The van der Waals surface area contributed by atoms with Crippen molar-refractivity contribution in [1.29, 1.82) is 0 Å². The van der Waals surface area contributed by atoms with E-state index in [1.54, 1.807) is 0 Å². The van der Waals surface area contributed by atoms with Gasteiger partial charge in [0.1, 0.15) is 5.78 Å². The fraction of sp³-hybridized carbons (Fsp3) is 0.900. The maximum absolute atomic E-state index is 11.3. The van der Waals surface area contributed by atoms with Crippen LogP contribution in [0.2, 0.25) is 0 Å². The van der Waals surface area contributed by atoms with Gasteiger partial charge < -0.3 is 4.74 Å². The lowest BCUT2D eigenvalue weighted by molar-refractivity contribution is -0.147. The van der Waals surface area contributed by atoms with E-state index in [1.807, 2.05) is 6.92 Å². The molecule has 2 nitrogen and oxygen atoms in total. The molecule has 0 aromatic heterocycles. The molecule has 0 aromatic rings. The highest BCUT2D eigenvalue weighted by molar-refractivity contribution is 5.83. The number of carbonyl (C=O) groups is 1. The van der Waals surface area contributed by atoms with Crippen LogP contribution in [0.15, 0.2) is 0 Å². The maximum atomic E-state index is 11.3. The van der Waals surface area contributed by atoms with Crippen LogP contribution in [-0.2, 0) is 9.53 Å². The van der Waals surface area contributed by atoms with Crippen molar-refractivity contribution in [2.45, 2.75) is 38.7 Å². The summed E-state index contributed by atoms with van der Waals surface area (Å²) >= 11 is 0. The Bertz CT molecular complexity index is 188. The van der Waals surface area contributed by atoms with Crippen molar-refractivity contribution in [3.05, 3.63) is 0 Å². The molecule has 12 heavy (non-hydrogen) atoms. The molecule has 2 saturated carbocycles. The number of ether oxygens (including phenoxy) is 1. The van der Waals surface area contributed by atoms with Crippen LogP contribution in [0.25, 0.3) is 0 Å². The second-order valence-corrected chi connectivity index (χ2v) is 3.86. The topological polar surface area (TPSA) is 26.3 Å². The molecule has 0 saturated heterocycles. The Kier molecular flexibility index (Phi) is 2.18. The Morgan fingerprint density at radius 3 is 3.17 bits per heavy atom. The molecule has 3 unspecified atom stereocenters. The van der Waals surface area contributed by atoms with Crippen LogP contribution in [-0.4, -0.2) is 18.5 Å². The Balaban J connectivity index is 1.91. The minimum atomic E-state index is 0.371. The first kappa shape index (κ1) is 8.24. The molecule has 2 heteroatoms. The van der Waals surface area contributed by atoms with Crippen LogP contribution in [0, 0.1) is 11.8 Å². The first-order valence-corrected chi connectivity index (χ1v) is 4.97. The van der Waals surface area contributed by atoms with Gasteiger partial charge >= 0.3 is 0 Å². The summed E-state index contributed by atoms with van der Waals surface area (Å²) in [6.45, 7) is 2.82. The summed E-state index contributed by atoms with van der Waals surface area (Å²) in [6.07, 6.45) is 4.52. The summed E-state index contributed by atoms with van der Waals surface area (Å²) in [6, 6.07) is 0. The summed E-state index contributed by atoms with van der Waals surface area (Å²) in [4.78, 5) is 11.3. The van der Waals surface area contributed by atoms with Crippen LogP contribution >= 0.6 is 0 Å². The zero-order valence-corrected chi connectivity index (χ0v) is 7.58. The first-order valence-electron chi connectivity index (χ1n) is 4.97. The van der Waals surface area contributed by atoms with Gasteiger partial charge in [0, 0.05) is 18.9 Å².